The average molecular weight is 302 g/mol. The van der Waals surface area contributed by atoms with E-state index in [9.17, 15) is 22.0 Å². The zero-order chi connectivity index (χ0) is 15.6. The molecule has 0 aliphatic heterocycles. The van der Waals surface area contributed by atoms with Crippen LogP contribution in [0.15, 0.2) is 42.5 Å². The first-order valence-corrected chi connectivity index (χ1v) is 5.91. The van der Waals surface area contributed by atoms with Gasteiger partial charge in [0.05, 0.1) is 11.6 Å². The summed E-state index contributed by atoms with van der Waals surface area (Å²) in [7, 11) is 0. The van der Waals surface area contributed by atoms with Crippen molar-refractivity contribution in [2.24, 2.45) is 5.84 Å². The normalized spacial score (nSPS) is 13.2. The van der Waals surface area contributed by atoms with Gasteiger partial charge in [0.25, 0.3) is 0 Å². The van der Waals surface area contributed by atoms with Crippen LogP contribution in [0.4, 0.5) is 22.0 Å². The number of nitrogens with one attached hydrogen (secondary N) is 1. The lowest BCUT2D eigenvalue weighted by Gasteiger charge is -2.19. The summed E-state index contributed by atoms with van der Waals surface area (Å²) in [4.78, 5) is 0. The number of alkyl halides is 3. The average Bonchev–Trinajstić information content (AvgIpc) is 2.42. The summed E-state index contributed by atoms with van der Waals surface area (Å²) in [5.41, 5.74) is 0.951. The van der Waals surface area contributed by atoms with Crippen LogP contribution in [0.3, 0.4) is 0 Å². The summed E-state index contributed by atoms with van der Waals surface area (Å²) in [6.45, 7) is 0. The van der Waals surface area contributed by atoms with Crippen LogP contribution >= 0.6 is 0 Å². The Labute approximate surface area is 117 Å². The summed E-state index contributed by atoms with van der Waals surface area (Å²) >= 11 is 0. The maximum atomic E-state index is 14.1. The first-order valence-electron chi connectivity index (χ1n) is 5.91. The number of halogens is 5. The Balaban J connectivity index is 2.51. The molecule has 0 fully saturated rings. The van der Waals surface area contributed by atoms with Crippen molar-refractivity contribution in [1.82, 2.24) is 5.43 Å². The van der Waals surface area contributed by atoms with Crippen LogP contribution in [0.5, 0.6) is 0 Å². The molecule has 0 aliphatic carbocycles. The van der Waals surface area contributed by atoms with Crippen molar-refractivity contribution >= 4 is 0 Å². The molecule has 7 heteroatoms. The molecule has 0 spiro atoms. The summed E-state index contributed by atoms with van der Waals surface area (Å²) in [5.74, 6) is 3.39. The smallest absolute Gasteiger partial charge is 0.271 e. The summed E-state index contributed by atoms with van der Waals surface area (Å²) in [6.07, 6.45) is -4.80. The van der Waals surface area contributed by atoms with E-state index in [1.807, 2.05) is 0 Å². The first-order chi connectivity index (χ1) is 9.84. The minimum atomic E-state index is -4.80. The number of benzene rings is 2. The molecule has 112 valence electrons. The van der Waals surface area contributed by atoms with Crippen LogP contribution in [0, 0.1) is 11.6 Å². The molecule has 0 aliphatic rings. The molecule has 0 radical (unpaired) electrons. The van der Waals surface area contributed by atoms with E-state index in [2.05, 4.69) is 5.43 Å². The van der Waals surface area contributed by atoms with E-state index in [1.54, 1.807) is 0 Å². The zero-order valence-corrected chi connectivity index (χ0v) is 10.6. The van der Waals surface area contributed by atoms with Crippen LogP contribution in [0.1, 0.15) is 22.7 Å². The molecule has 0 bridgehead atoms. The lowest BCUT2D eigenvalue weighted by Crippen LogP contribution is -2.30. The predicted octanol–water partition coefficient (Wildman–Crippen LogP) is 3.54. The molecule has 0 aromatic heterocycles. The second-order valence-corrected chi connectivity index (χ2v) is 4.36. The highest BCUT2D eigenvalue weighted by Crippen LogP contribution is 2.35. The fourth-order valence-electron chi connectivity index (χ4n) is 2.01. The number of nitrogens with two attached hydrogens (primary N) is 1. The number of hydrazine groups is 1. The van der Waals surface area contributed by atoms with Gasteiger partial charge < -0.3 is 0 Å². The van der Waals surface area contributed by atoms with E-state index in [0.717, 1.165) is 18.2 Å². The Hall–Kier alpha value is -1.99. The van der Waals surface area contributed by atoms with E-state index < -0.39 is 29.4 Å². The van der Waals surface area contributed by atoms with Crippen LogP contribution in [0.2, 0.25) is 0 Å². The SMILES string of the molecule is NNC(c1ccc(F)cc1)c1cccc(C(F)(F)F)c1F. The Morgan fingerprint density at radius 2 is 1.57 bits per heavy atom. The van der Waals surface area contributed by atoms with Gasteiger partial charge in [-0.05, 0) is 23.8 Å². The molecule has 2 rings (SSSR count). The number of hydrogen-bond donors (Lipinski definition) is 2. The van der Waals surface area contributed by atoms with Crippen molar-refractivity contribution in [2.75, 3.05) is 0 Å². The van der Waals surface area contributed by atoms with Gasteiger partial charge in [0.15, 0.2) is 0 Å². The lowest BCUT2D eigenvalue weighted by atomic mass is 9.96. The standard InChI is InChI=1S/C14H11F5N2/c15-9-6-4-8(5-7-9)13(21-20)10-2-1-3-11(12(10)16)14(17,18)19/h1-7,13,21H,20H2. The largest absolute Gasteiger partial charge is 0.419 e. The van der Waals surface area contributed by atoms with Crippen LogP contribution in [-0.2, 0) is 6.18 Å². The fourth-order valence-corrected chi connectivity index (χ4v) is 2.01. The van der Waals surface area contributed by atoms with E-state index in [4.69, 9.17) is 5.84 Å². The van der Waals surface area contributed by atoms with Gasteiger partial charge in [0, 0.05) is 5.56 Å². The quantitative estimate of drug-likeness (QED) is 0.517. The third-order valence-corrected chi connectivity index (χ3v) is 3.01. The highest BCUT2D eigenvalue weighted by atomic mass is 19.4. The van der Waals surface area contributed by atoms with Gasteiger partial charge in [-0.2, -0.15) is 13.2 Å². The molecule has 2 aromatic rings. The molecule has 2 aromatic carbocycles. The molecule has 21 heavy (non-hydrogen) atoms. The Morgan fingerprint density at radius 1 is 0.952 bits per heavy atom. The van der Waals surface area contributed by atoms with Crippen LogP contribution < -0.4 is 11.3 Å². The van der Waals surface area contributed by atoms with E-state index in [0.29, 0.717) is 11.6 Å². The third kappa shape index (κ3) is 3.20. The number of rotatable bonds is 3. The van der Waals surface area contributed by atoms with E-state index in [1.165, 1.54) is 18.2 Å². The zero-order valence-electron chi connectivity index (χ0n) is 10.6. The maximum absolute atomic E-state index is 14.1. The molecule has 1 atom stereocenters. The van der Waals surface area contributed by atoms with Gasteiger partial charge >= 0.3 is 6.18 Å². The Bertz CT molecular complexity index is 622. The van der Waals surface area contributed by atoms with Crippen molar-refractivity contribution in [3.8, 4) is 0 Å². The van der Waals surface area contributed by atoms with Crippen molar-refractivity contribution in [3.05, 3.63) is 70.8 Å². The van der Waals surface area contributed by atoms with Gasteiger partial charge in [0.1, 0.15) is 11.6 Å². The van der Waals surface area contributed by atoms with Crippen molar-refractivity contribution < 1.29 is 22.0 Å². The first kappa shape index (κ1) is 15.4. The van der Waals surface area contributed by atoms with Gasteiger partial charge in [-0.1, -0.05) is 24.3 Å². The second kappa shape index (κ2) is 5.79. The minimum Gasteiger partial charge on any atom is -0.271 e. The predicted molar refractivity (Wildman–Crippen MR) is 67.0 cm³/mol. The summed E-state index contributed by atoms with van der Waals surface area (Å²) in [5, 5.41) is 0. The molecule has 0 saturated heterocycles. The number of hydrogen-bond acceptors (Lipinski definition) is 2. The van der Waals surface area contributed by atoms with Gasteiger partial charge in [-0.15, -0.1) is 0 Å². The molecule has 3 N–H and O–H groups in total. The molecule has 0 amide bonds. The monoisotopic (exact) mass is 302 g/mol. The highest BCUT2D eigenvalue weighted by Gasteiger charge is 2.35. The minimum absolute atomic E-state index is 0.265. The Morgan fingerprint density at radius 3 is 2.10 bits per heavy atom. The van der Waals surface area contributed by atoms with Crippen LogP contribution in [0.25, 0.3) is 0 Å². The summed E-state index contributed by atoms with van der Waals surface area (Å²) in [6, 6.07) is 6.79. The van der Waals surface area contributed by atoms with E-state index >= 15 is 0 Å². The maximum Gasteiger partial charge on any atom is 0.419 e. The van der Waals surface area contributed by atoms with Crippen molar-refractivity contribution in [1.29, 1.82) is 0 Å². The fraction of sp³-hybridized carbons (Fsp3) is 0.143. The van der Waals surface area contributed by atoms with Gasteiger partial charge in [-0.3, -0.25) is 5.84 Å². The molecular formula is C14H11F5N2. The highest BCUT2D eigenvalue weighted by molar-refractivity contribution is 5.36. The molecule has 0 heterocycles. The van der Waals surface area contributed by atoms with E-state index in [-0.39, 0.29) is 5.56 Å². The molecule has 1 unspecified atom stereocenters. The van der Waals surface area contributed by atoms with Gasteiger partial charge in [0.2, 0.25) is 0 Å². The molecular weight excluding hydrogens is 291 g/mol. The second-order valence-electron chi connectivity index (χ2n) is 4.36. The summed E-state index contributed by atoms with van der Waals surface area (Å²) < 4.78 is 65.1. The molecule has 2 nitrogen and oxygen atoms in total. The molecule has 0 saturated carbocycles. The third-order valence-electron chi connectivity index (χ3n) is 3.01. The van der Waals surface area contributed by atoms with Crippen molar-refractivity contribution in [2.45, 2.75) is 12.2 Å². The van der Waals surface area contributed by atoms with Crippen molar-refractivity contribution in [3.63, 3.8) is 0 Å². The Kier molecular flexibility index (Phi) is 4.24. The van der Waals surface area contributed by atoms with Crippen LogP contribution in [-0.4, -0.2) is 0 Å². The van der Waals surface area contributed by atoms with Gasteiger partial charge in [-0.25, -0.2) is 14.2 Å². The lowest BCUT2D eigenvalue weighted by molar-refractivity contribution is -0.140. The topological polar surface area (TPSA) is 38.0 Å².